The Morgan fingerprint density at radius 1 is 0.791 bits per heavy atom. The molecule has 5 rings (SSSR count). The highest BCUT2D eigenvalue weighted by atomic mass is 35.5. The van der Waals surface area contributed by atoms with Crippen LogP contribution >= 0.6 is 23.2 Å². The largest absolute Gasteiger partial charge is 0.490 e. The van der Waals surface area contributed by atoms with Crippen LogP contribution in [0.2, 0.25) is 10.0 Å². The number of hydrogen-bond acceptors (Lipinski definition) is 6. The Morgan fingerprint density at radius 2 is 1.58 bits per heavy atom. The molecule has 10 heteroatoms. The van der Waals surface area contributed by atoms with Crippen LogP contribution < -0.4 is 24.4 Å². The van der Waals surface area contributed by atoms with E-state index in [1.807, 2.05) is 43.3 Å². The Balaban J connectivity index is 1.33. The number of nitrogens with zero attached hydrogens (tertiary/aromatic N) is 1. The van der Waals surface area contributed by atoms with Gasteiger partial charge in [-0.15, -0.1) is 0 Å². The number of amides is 4. The number of hydrogen-bond donors (Lipinski definition) is 1. The highest BCUT2D eigenvalue weighted by molar-refractivity contribution is 6.39. The van der Waals surface area contributed by atoms with Crippen LogP contribution in [0.15, 0.2) is 96.6 Å². The van der Waals surface area contributed by atoms with Crippen LogP contribution in [0.1, 0.15) is 23.6 Å². The molecule has 4 aromatic rings. The van der Waals surface area contributed by atoms with Gasteiger partial charge in [0.05, 0.1) is 12.3 Å². The second kappa shape index (κ2) is 13.5. The van der Waals surface area contributed by atoms with E-state index in [4.69, 9.17) is 37.4 Å². The van der Waals surface area contributed by atoms with E-state index >= 15 is 0 Å². The molecule has 8 nitrogen and oxygen atoms in total. The minimum atomic E-state index is -0.850. The minimum Gasteiger partial charge on any atom is -0.490 e. The molecule has 1 aliphatic heterocycles. The molecule has 218 valence electrons. The molecule has 0 radical (unpaired) electrons. The number of ether oxygens (including phenoxy) is 3. The quantitative estimate of drug-likeness (QED) is 0.149. The predicted octanol–water partition coefficient (Wildman–Crippen LogP) is 7.22. The fourth-order valence-electron chi connectivity index (χ4n) is 4.32. The molecule has 0 spiro atoms. The first-order valence-electron chi connectivity index (χ1n) is 13.3. The van der Waals surface area contributed by atoms with Gasteiger partial charge in [0.2, 0.25) is 0 Å². The van der Waals surface area contributed by atoms with Gasteiger partial charge >= 0.3 is 6.03 Å². The number of carbonyl (C=O) groups is 3. The van der Waals surface area contributed by atoms with Crippen molar-refractivity contribution in [3.8, 4) is 17.2 Å². The summed E-state index contributed by atoms with van der Waals surface area (Å²) in [5, 5.41) is 3.43. The van der Waals surface area contributed by atoms with E-state index in [1.54, 1.807) is 54.6 Å². The van der Waals surface area contributed by atoms with E-state index in [1.165, 1.54) is 6.08 Å². The van der Waals surface area contributed by atoms with E-state index in [-0.39, 0.29) is 24.5 Å². The Bertz CT molecular complexity index is 1700. The van der Waals surface area contributed by atoms with E-state index in [9.17, 15) is 14.4 Å². The zero-order chi connectivity index (χ0) is 30.3. The SMILES string of the molecule is CCOc1cc(/C=C2\C(=O)NC(=O)N(c3ccc(OCc4ccccc4Cl)cc3)C2=O)ccc1OCc1cccc(Cl)c1. The van der Waals surface area contributed by atoms with Crippen molar-refractivity contribution in [1.29, 1.82) is 0 Å². The summed E-state index contributed by atoms with van der Waals surface area (Å²) >= 11 is 12.3. The van der Waals surface area contributed by atoms with Crippen LogP contribution in [0.3, 0.4) is 0 Å². The summed E-state index contributed by atoms with van der Waals surface area (Å²) < 4.78 is 17.5. The lowest BCUT2D eigenvalue weighted by Gasteiger charge is -2.26. The average Bonchev–Trinajstić information content (AvgIpc) is 2.99. The Morgan fingerprint density at radius 3 is 2.33 bits per heavy atom. The molecule has 0 bridgehead atoms. The van der Waals surface area contributed by atoms with Crippen LogP contribution in [0, 0.1) is 0 Å². The Kier molecular flexibility index (Phi) is 9.29. The topological polar surface area (TPSA) is 94.2 Å². The van der Waals surface area contributed by atoms with E-state index < -0.39 is 17.8 Å². The number of barbiturate groups is 1. The number of anilines is 1. The minimum absolute atomic E-state index is 0.214. The first-order valence-corrected chi connectivity index (χ1v) is 14.1. The summed E-state index contributed by atoms with van der Waals surface area (Å²) in [6.45, 7) is 2.72. The number of benzene rings is 4. The van der Waals surface area contributed by atoms with Crippen molar-refractivity contribution in [2.75, 3.05) is 11.5 Å². The molecule has 1 saturated heterocycles. The molecule has 1 heterocycles. The molecule has 0 aromatic heterocycles. The number of halogens is 2. The normalized spacial score (nSPS) is 14.1. The fraction of sp³-hybridized carbons (Fsp3) is 0.121. The van der Waals surface area contributed by atoms with Crippen molar-refractivity contribution in [3.05, 3.63) is 123 Å². The summed E-state index contributed by atoms with van der Waals surface area (Å²) in [7, 11) is 0. The maximum atomic E-state index is 13.4. The standard InChI is InChI=1S/C33H26Cl2N2O6/c1-2-41-30-18-21(10-15-29(30)43-19-22-6-5-8-24(34)16-22)17-27-31(38)36-33(40)37(32(27)39)25-11-13-26(14-12-25)42-20-23-7-3-4-9-28(23)35/h3-18H,2,19-20H2,1H3,(H,36,38,40)/b27-17+. The van der Waals surface area contributed by atoms with Gasteiger partial charge in [0.1, 0.15) is 24.5 Å². The predicted molar refractivity (Wildman–Crippen MR) is 165 cm³/mol. The summed E-state index contributed by atoms with van der Waals surface area (Å²) in [6.07, 6.45) is 1.40. The maximum Gasteiger partial charge on any atom is 0.335 e. The van der Waals surface area contributed by atoms with Gasteiger partial charge in [-0.25, -0.2) is 9.69 Å². The first kappa shape index (κ1) is 29.7. The van der Waals surface area contributed by atoms with Gasteiger partial charge in [-0.1, -0.05) is 59.6 Å². The molecule has 0 atom stereocenters. The van der Waals surface area contributed by atoms with Crippen molar-refractivity contribution in [3.63, 3.8) is 0 Å². The van der Waals surface area contributed by atoms with Crippen LogP contribution in [0.4, 0.5) is 10.5 Å². The summed E-state index contributed by atoms with van der Waals surface area (Å²) in [6, 6.07) is 25.2. The monoisotopic (exact) mass is 616 g/mol. The molecule has 4 aromatic carbocycles. The second-order valence-electron chi connectivity index (χ2n) is 9.39. The van der Waals surface area contributed by atoms with Gasteiger partial charge in [0.25, 0.3) is 11.8 Å². The molecule has 1 aliphatic rings. The molecule has 43 heavy (non-hydrogen) atoms. The molecule has 1 fully saturated rings. The van der Waals surface area contributed by atoms with Crippen LogP contribution in [-0.4, -0.2) is 24.5 Å². The lowest BCUT2D eigenvalue weighted by atomic mass is 10.1. The van der Waals surface area contributed by atoms with Crippen molar-refractivity contribution in [2.24, 2.45) is 0 Å². The third-order valence-corrected chi connectivity index (χ3v) is 7.01. The van der Waals surface area contributed by atoms with Gasteiger partial charge in [-0.05, 0) is 78.7 Å². The summed E-state index contributed by atoms with van der Waals surface area (Å²) in [5.41, 5.74) is 2.27. The molecular weight excluding hydrogens is 591 g/mol. The maximum absolute atomic E-state index is 13.4. The van der Waals surface area contributed by atoms with Crippen LogP contribution in [-0.2, 0) is 22.8 Å². The van der Waals surface area contributed by atoms with Gasteiger partial charge in [-0.2, -0.15) is 0 Å². The molecule has 4 amide bonds. The number of imide groups is 2. The summed E-state index contributed by atoms with van der Waals surface area (Å²) in [4.78, 5) is 39.7. The number of urea groups is 1. The van der Waals surface area contributed by atoms with Gasteiger partial charge < -0.3 is 14.2 Å². The zero-order valence-electron chi connectivity index (χ0n) is 23.0. The number of nitrogens with one attached hydrogen (secondary N) is 1. The first-order chi connectivity index (χ1) is 20.8. The fourth-order valence-corrected chi connectivity index (χ4v) is 4.72. The highest BCUT2D eigenvalue weighted by Crippen LogP contribution is 2.31. The molecular formula is C33H26Cl2N2O6. The third-order valence-electron chi connectivity index (χ3n) is 6.41. The lowest BCUT2D eigenvalue weighted by Crippen LogP contribution is -2.54. The van der Waals surface area contributed by atoms with Crippen LogP contribution in [0.5, 0.6) is 17.2 Å². The molecule has 0 unspecified atom stereocenters. The van der Waals surface area contributed by atoms with Crippen molar-refractivity contribution in [1.82, 2.24) is 5.32 Å². The molecule has 0 saturated carbocycles. The van der Waals surface area contributed by atoms with Crippen molar-refractivity contribution in [2.45, 2.75) is 20.1 Å². The zero-order valence-corrected chi connectivity index (χ0v) is 24.5. The third kappa shape index (κ3) is 7.17. The van der Waals surface area contributed by atoms with E-state index in [0.717, 1.165) is 16.0 Å². The second-order valence-corrected chi connectivity index (χ2v) is 10.2. The average molecular weight is 617 g/mol. The van der Waals surface area contributed by atoms with Gasteiger partial charge in [-0.3, -0.25) is 14.9 Å². The summed E-state index contributed by atoms with van der Waals surface area (Å²) in [5.74, 6) is -0.135. The van der Waals surface area contributed by atoms with E-state index in [0.29, 0.717) is 39.5 Å². The highest BCUT2D eigenvalue weighted by Gasteiger charge is 2.36. The lowest BCUT2D eigenvalue weighted by molar-refractivity contribution is -0.122. The van der Waals surface area contributed by atoms with Gasteiger partial charge in [0, 0.05) is 15.6 Å². The Labute approximate surface area is 258 Å². The van der Waals surface area contributed by atoms with Crippen molar-refractivity contribution >= 4 is 52.8 Å². The molecule has 1 N–H and O–H groups in total. The number of rotatable bonds is 10. The van der Waals surface area contributed by atoms with Crippen LogP contribution in [0.25, 0.3) is 6.08 Å². The van der Waals surface area contributed by atoms with Gasteiger partial charge in [0.15, 0.2) is 11.5 Å². The Hall–Kier alpha value is -4.79. The smallest absolute Gasteiger partial charge is 0.335 e. The molecule has 0 aliphatic carbocycles. The van der Waals surface area contributed by atoms with Crippen molar-refractivity contribution < 1.29 is 28.6 Å². The van der Waals surface area contributed by atoms with E-state index in [2.05, 4.69) is 5.32 Å². The number of carbonyl (C=O) groups excluding carboxylic acids is 3.